The van der Waals surface area contributed by atoms with Gasteiger partial charge in [0.25, 0.3) is 0 Å². The number of ether oxygens (including phenoxy) is 3. The molecule has 0 aromatic heterocycles. The summed E-state index contributed by atoms with van der Waals surface area (Å²) in [6.07, 6.45) is 21.5. The molecule has 0 spiro atoms. The van der Waals surface area contributed by atoms with E-state index in [1.165, 1.54) is 83.5 Å². The molecular formula is C29H58O5. The first-order valence-corrected chi connectivity index (χ1v) is 14.4. The second kappa shape index (κ2) is 24.1. The molecule has 0 aliphatic rings. The summed E-state index contributed by atoms with van der Waals surface area (Å²) in [7, 11) is 0. The number of aliphatic hydroxyl groups excluding tert-OH is 1. The zero-order valence-electron chi connectivity index (χ0n) is 23.2. The summed E-state index contributed by atoms with van der Waals surface area (Å²) in [4.78, 5) is 11.8. The van der Waals surface area contributed by atoms with Crippen molar-refractivity contribution in [2.45, 2.75) is 155 Å². The van der Waals surface area contributed by atoms with Crippen molar-refractivity contribution >= 4 is 5.97 Å². The van der Waals surface area contributed by atoms with E-state index in [0.717, 1.165) is 19.3 Å². The average molecular weight is 487 g/mol. The van der Waals surface area contributed by atoms with Gasteiger partial charge in [-0.1, -0.05) is 96.8 Å². The van der Waals surface area contributed by atoms with Crippen molar-refractivity contribution < 1.29 is 24.1 Å². The van der Waals surface area contributed by atoms with Crippen LogP contribution in [0, 0.1) is 0 Å². The Balaban J connectivity index is 3.32. The van der Waals surface area contributed by atoms with Crippen molar-refractivity contribution in [1.29, 1.82) is 0 Å². The largest absolute Gasteiger partial charge is 0.463 e. The Morgan fingerprint density at radius 1 is 0.735 bits per heavy atom. The summed E-state index contributed by atoms with van der Waals surface area (Å²) < 4.78 is 16.6. The molecule has 0 fully saturated rings. The van der Waals surface area contributed by atoms with Crippen molar-refractivity contribution in [1.82, 2.24) is 0 Å². The van der Waals surface area contributed by atoms with Gasteiger partial charge in [0.1, 0.15) is 6.61 Å². The lowest BCUT2D eigenvalue weighted by Crippen LogP contribution is -2.28. The monoisotopic (exact) mass is 486 g/mol. The number of carbonyl (C=O) groups excluding carboxylic acids is 1. The zero-order chi connectivity index (χ0) is 25.3. The van der Waals surface area contributed by atoms with E-state index in [1.807, 2.05) is 13.8 Å². The normalized spacial score (nSPS) is 12.7. The standard InChI is InChI=1S/C29H58O5/c1-5-6-7-8-9-10-11-12-13-14-15-16-17-18-19-20-28(31)33-26-25-32-24-22-29(3,4)34-23-21-27(2)30/h27,30H,5-26H2,1-4H3. The SMILES string of the molecule is CCCCCCCCCCCCCCCCCC(=O)OCCOCCC(C)(C)OCCC(C)O. The highest BCUT2D eigenvalue weighted by molar-refractivity contribution is 5.69. The van der Waals surface area contributed by atoms with Gasteiger partial charge in [0.2, 0.25) is 0 Å². The summed E-state index contributed by atoms with van der Waals surface area (Å²) in [5.41, 5.74) is -0.279. The summed E-state index contributed by atoms with van der Waals surface area (Å²) in [6, 6.07) is 0. The van der Waals surface area contributed by atoms with Gasteiger partial charge < -0.3 is 19.3 Å². The van der Waals surface area contributed by atoms with E-state index >= 15 is 0 Å². The maximum absolute atomic E-state index is 11.8. The molecule has 0 saturated carbocycles. The summed E-state index contributed by atoms with van der Waals surface area (Å²) in [6.45, 7) is 9.94. The molecule has 0 aliphatic carbocycles. The highest BCUT2D eigenvalue weighted by Crippen LogP contribution is 2.16. The lowest BCUT2D eigenvalue weighted by atomic mass is 10.0. The van der Waals surface area contributed by atoms with Gasteiger partial charge in [-0.15, -0.1) is 0 Å². The quantitative estimate of drug-likeness (QED) is 0.0999. The van der Waals surface area contributed by atoms with Crippen molar-refractivity contribution in [3.05, 3.63) is 0 Å². The molecule has 0 radical (unpaired) electrons. The minimum absolute atomic E-state index is 0.111. The Hall–Kier alpha value is -0.650. The maximum atomic E-state index is 11.8. The van der Waals surface area contributed by atoms with E-state index in [9.17, 15) is 9.90 Å². The minimum Gasteiger partial charge on any atom is -0.463 e. The topological polar surface area (TPSA) is 65.0 Å². The molecule has 34 heavy (non-hydrogen) atoms. The summed E-state index contributed by atoms with van der Waals surface area (Å²) in [5.74, 6) is -0.111. The predicted molar refractivity (Wildman–Crippen MR) is 142 cm³/mol. The third-order valence-corrected chi connectivity index (χ3v) is 6.35. The van der Waals surface area contributed by atoms with Crippen molar-refractivity contribution in [3.63, 3.8) is 0 Å². The van der Waals surface area contributed by atoms with Crippen LogP contribution in [0.25, 0.3) is 0 Å². The first-order valence-electron chi connectivity index (χ1n) is 14.4. The van der Waals surface area contributed by atoms with Crippen LogP contribution in [0.1, 0.15) is 143 Å². The van der Waals surface area contributed by atoms with Gasteiger partial charge >= 0.3 is 5.97 Å². The van der Waals surface area contributed by atoms with Crippen molar-refractivity contribution in [3.8, 4) is 0 Å². The van der Waals surface area contributed by atoms with Crippen molar-refractivity contribution in [2.75, 3.05) is 26.4 Å². The fourth-order valence-corrected chi connectivity index (χ4v) is 3.93. The summed E-state index contributed by atoms with van der Waals surface area (Å²) in [5, 5.41) is 9.29. The molecule has 1 unspecified atom stereocenters. The zero-order valence-corrected chi connectivity index (χ0v) is 23.2. The van der Waals surface area contributed by atoms with Gasteiger partial charge in [-0.05, 0) is 40.0 Å². The molecule has 0 aliphatic heterocycles. The van der Waals surface area contributed by atoms with Crippen molar-refractivity contribution in [2.24, 2.45) is 0 Å². The molecular weight excluding hydrogens is 428 g/mol. The molecule has 0 amide bonds. The molecule has 1 atom stereocenters. The number of unbranched alkanes of at least 4 members (excludes halogenated alkanes) is 14. The Bertz CT molecular complexity index is 436. The molecule has 0 aromatic carbocycles. The van der Waals surface area contributed by atoms with E-state index in [4.69, 9.17) is 14.2 Å². The average Bonchev–Trinajstić information content (AvgIpc) is 2.78. The Labute approximate surface area is 211 Å². The fourth-order valence-electron chi connectivity index (χ4n) is 3.93. The minimum atomic E-state index is -0.337. The summed E-state index contributed by atoms with van der Waals surface area (Å²) >= 11 is 0. The lowest BCUT2D eigenvalue weighted by molar-refractivity contribution is -0.145. The van der Waals surface area contributed by atoms with E-state index in [1.54, 1.807) is 6.92 Å². The van der Waals surface area contributed by atoms with Gasteiger partial charge in [0, 0.05) is 19.6 Å². The molecule has 0 rings (SSSR count). The van der Waals surface area contributed by atoms with Gasteiger partial charge in [0.05, 0.1) is 18.3 Å². The molecule has 0 saturated heterocycles. The smallest absolute Gasteiger partial charge is 0.305 e. The first-order chi connectivity index (χ1) is 16.4. The van der Waals surface area contributed by atoms with E-state index in [2.05, 4.69) is 6.92 Å². The molecule has 5 nitrogen and oxygen atoms in total. The maximum Gasteiger partial charge on any atom is 0.305 e. The third kappa shape index (κ3) is 26.0. The van der Waals surface area contributed by atoms with Crippen LogP contribution in [-0.2, 0) is 19.0 Å². The number of aliphatic hydroxyl groups is 1. The lowest BCUT2D eigenvalue weighted by Gasteiger charge is -2.25. The molecule has 0 aromatic rings. The van der Waals surface area contributed by atoms with Gasteiger partial charge in [-0.3, -0.25) is 4.79 Å². The Morgan fingerprint density at radius 3 is 1.74 bits per heavy atom. The first kappa shape index (κ1) is 33.4. The van der Waals surface area contributed by atoms with E-state index < -0.39 is 0 Å². The number of carbonyl (C=O) groups is 1. The van der Waals surface area contributed by atoms with Crippen LogP contribution in [0.4, 0.5) is 0 Å². The number of rotatable bonds is 26. The predicted octanol–water partition coefficient (Wildman–Crippen LogP) is 7.76. The molecule has 204 valence electrons. The van der Waals surface area contributed by atoms with Crippen LogP contribution in [0.2, 0.25) is 0 Å². The van der Waals surface area contributed by atoms with Gasteiger partial charge in [0.15, 0.2) is 0 Å². The second-order valence-corrected chi connectivity index (χ2v) is 10.5. The number of hydrogen-bond donors (Lipinski definition) is 1. The van der Waals surface area contributed by atoms with Crippen LogP contribution in [0.3, 0.4) is 0 Å². The van der Waals surface area contributed by atoms with E-state index in [-0.39, 0.29) is 17.7 Å². The Kier molecular flexibility index (Phi) is 23.6. The Morgan fingerprint density at radius 2 is 1.24 bits per heavy atom. The fraction of sp³-hybridized carbons (Fsp3) is 0.966. The molecule has 0 bridgehead atoms. The van der Waals surface area contributed by atoms with Crippen LogP contribution in [0.15, 0.2) is 0 Å². The highest BCUT2D eigenvalue weighted by Gasteiger charge is 2.18. The highest BCUT2D eigenvalue weighted by atomic mass is 16.6. The van der Waals surface area contributed by atoms with Crippen LogP contribution in [-0.4, -0.2) is 49.2 Å². The molecule has 1 N–H and O–H groups in total. The van der Waals surface area contributed by atoms with Gasteiger partial charge in [-0.2, -0.15) is 0 Å². The second-order valence-electron chi connectivity index (χ2n) is 10.5. The van der Waals surface area contributed by atoms with Crippen LogP contribution in [0.5, 0.6) is 0 Å². The number of hydrogen-bond acceptors (Lipinski definition) is 5. The van der Waals surface area contributed by atoms with E-state index in [0.29, 0.717) is 39.3 Å². The van der Waals surface area contributed by atoms with Crippen LogP contribution >= 0.6 is 0 Å². The molecule has 0 heterocycles. The number of esters is 1. The third-order valence-electron chi connectivity index (χ3n) is 6.35. The van der Waals surface area contributed by atoms with Crippen LogP contribution < -0.4 is 0 Å². The molecule has 5 heteroatoms. The van der Waals surface area contributed by atoms with Gasteiger partial charge in [-0.25, -0.2) is 0 Å².